The van der Waals surface area contributed by atoms with Crippen LogP contribution in [0, 0.1) is 0 Å². The van der Waals surface area contributed by atoms with Crippen LogP contribution >= 0.6 is 34.8 Å². The molecule has 0 fully saturated rings. The van der Waals surface area contributed by atoms with E-state index in [-0.39, 0.29) is 0 Å². The Kier molecular flexibility index (Phi) is 3.25. The van der Waals surface area contributed by atoms with Crippen molar-refractivity contribution in [1.29, 1.82) is 0 Å². The standard InChI is InChI=1S/C8H5Cl3/c9-5-4-6-7(10)2-1-3-8(6)11/h1-5H/b5-4+. The van der Waals surface area contributed by atoms with Crippen LogP contribution in [0.2, 0.25) is 10.0 Å². The van der Waals surface area contributed by atoms with E-state index in [9.17, 15) is 0 Å². The first kappa shape index (κ1) is 8.92. The maximum absolute atomic E-state index is 5.81. The number of hydrogen-bond donors (Lipinski definition) is 0. The molecule has 1 rings (SSSR count). The molecule has 0 atom stereocenters. The summed E-state index contributed by atoms with van der Waals surface area (Å²) in [6, 6.07) is 5.32. The topological polar surface area (TPSA) is 0 Å². The first-order chi connectivity index (χ1) is 5.25. The average molecular weight is 207 g/mol. The van der Waals surface area contributed by atoms with E-state index < -0.39 is 0 Å². The van der Waals surface area contributed by atoms with Gasteiger partial charge in [0.1, 0.15) is 0 Å². The summed E-state index contributed by atoms with van der Waals surface area (Å²) in [7, 11) is 0. The lowest BCUT2D eigenvalue weighted by molar-refractivity contribution is 1.66. The van der Waals surface area contributed by atoms with E-state index in [1.165, 1.54) is 5.54 Å². The molecule has 0 radical (unpaired) electrons. The summed E-state index contributed by atoms with van der Waals surface area (Å²) >= 11 is 17.0. The normalized spacial score (nSPS) is 10.8. The molecule has 0 nitrogen and oxygen atoms in total. The Hall–Kier alpha value is -0.170. The van der Waals surface area contributed by atoms with Crippen LogP contribution in [0.1, 0.15) is 5.56 Å². The Bertz CT molecular complexity index is 258. The van der Waals surface area contributed by atoms with Crippen molar-refractivity contribution in [3.8, 4) is 0 Å². The second-order valence-corrected chi connectivity index (χ2v) is 2.99. The molecule has 0 saturated carbocycles. The molecule has 11 heavy (non-hydrogen) atoms. The summed E-state index contributed by atoms with van der Waals surface area (Å²) < 4.78 is 0. The molecule has 0 aromatic heterocycles. The highest BCUT2D eigenvalue weighted by Crippen LogP contribution is 2.25. The van der Waals surface area contributed by atoms with E-state index in [1.807, 2.05) is 0 Å². The Labute approximate surface area is 80.4 Å². The van der Waals surface area contributed by atoms with Crippen molar-refractivity contribution in [3.05, 3.63) is 39.3 Å². The third-order valence-electron chi connectivity index (χ3n) is 1.23. The molecule has 0 aliphatic rings. The van der Waals surface area contributed by atoms with E-state index in [0.29, 0.717) is 10.0 Å². The molecular formula is C8H5Cl3. The van der Waals surface area contributed by atoms with Crippen LogP contribution in [0.5, 0.6) is 0 Å². The molecule has 0 amide bonds. The Morgan fingerprint density at radius 3 is 2.09 bits per heavy atom. The zero-order valence-electron chi connectivity index (χ0n) is 5.52. The van der Waals surface area contributed by atoms with Gasteiger partial charge in [-0.15, -0.1) is 0 Å². The van der Waals surface area contributed by atoms with Gasteiger partial charge in [-0.2, -0.15) is 0 Å². The number of halogens is 3. The van der Waals surface area contributed by atoms with E-state index >= 15 is 0 Å². The van der Waals surface area contributed by atoms with E-state index in [2.05, 4.69) is 0 Å². The van der Waals surface area contributed by atoms with Gasteiger partial charge in [0.2, 0.25) is 0 Å². The molecule has 1 aromatic carbocycles. The lowest BCUT2D eigenvalue weighted by Crippen LogP contribution is -1.75. The Morgan fingerprint density at radius 1 is 1.09 bits per heavy atom. The fourth-order valence-electron chi connectivity index (χ4n) is 0.733. The zero-order chi connectivity index (χ0) is 8.27. The molecular weight excluding hydrogens is 202 g/mol. The van der Waals surface area contributed by atoms with Gasteiger partial charge >= 0.3 is 0 Å². The fourth-order valence-corrected chi connectivity index (χ4v) is 1.38. The summed E-state index contributed by atoms with van der Waals surface area (Å²) in [6.07, 6.45) is 1.66. The molecule has 0 spiro atoms. The smallest absolute Gasteiger partial charge is 0.0493 e. The maximum Gasteiger partial charge on any atom is 0.0493 e. The molecule has 58 valence electrons. The van der Waals surface area contributed by atoms with Gasteiger partial charge in [-0.1, -0.05) is 40.9 Å². The third kappa shape index (κ3) is 2.13. The minimum absolute atomic E-state index is 0.606. The SMILES string of the molecule is Cl/C=C/c1c(Cl)cccc1Cl. The van der Waals surface area contributed by atoms with Crippen LogP contribution < -0.4 is 0 Å². The van der Waals surface area contributed by atoms with Crippen LogP contribution in [-0.4, -0.2) is 0 Å². The Balaban J connectivity index is 3.20. The molecule has 3 heteroatoms. The molecule has 0 bridgehead atoms. The largest absolute Gasteiger partial charge is 0.0929 e. The number of hydrogen-bond acceptors (Lipinski definition) is 0. The highest BCUT2D eigenvalue weighted by molar-refractivity contribution is 6.37. The van der Waals surface area contributed by atoms with Crippen molar-refractivity contribution in [2.24, 2.45) is 0 Å². The van der Waals surface area contributed by atoms with Crippen molar-refractivity contribution >= 4 is 40.9 Å². The minimum atomic E-state index is 0.606. The molecule has 0 unspecified atom stereocenters. The van der Waals surface area contributed by atoms with Gasteiger partial charge in [-0.3, -0.25) is 0 Å². The molecule has 0 N–H and O–H groups in total. The second kappa shape index (κ2) is 4.01. The van der Waals surface area contributed by atoms with Crippen LogP contribution in [0.4, 0.5) is 0 Å². The summed E-state index contributed by atoms with van der Waals surface area (Å²) in [5.41, 5.74) is 2.14. The van der Waals surface area contributed by atoms with Crippen molar-refractivity contribution < 1.29 is 0 Å². The van der Waals surface area contributed by atoms with E-state index in [4.69, 9.17) is 34.8 Å². The molecule has 0 aliphatic carbocycles. The predicted octanol–water partition coefficient (Wildman–Crippen LogP) is 4.20. The highest BCUT2D eigenvalue weighted by Gasteiger charge is 1.99. The van der Waals surface area contributed by atoms with Gasteiger partial charge in [-0.25, -0.2) is 0 Å². The van der Waals surface area contributed by atoms with E-state index in [1.54, 1.807) is 24.3 Å². The summed E-state index contributed by atoms with van der Waals surface area (Å²) in [5.74, 6) is 0. The van der Waals surface area contributed by atoms with Gasteiger partial charge in [0, 0.05) is 21.1 Å². The molecule has 0 heterocycles. The maximum atomic E-state index is 5.81. The van der Waals surface area contributed by atoms with Gasteiger partial charge in [0.15, 0.2) is 0 Å². The van der Waals surface area contributed by atoms with E-state index in [0.717, 1.165) is 5.56 Å². The first-order valence-electron chi connectivity index (χ1n) is 2.96. The van der Waals surface area contributed by atoms with Crippen molar-refractivity contribution in [1.82, 2.24) is 0 Å². The minimum Gasteiger partial charge on any atom is -0.0929 e. The summed E-state index contributed by atoms with van der Waals surface area (Å²) in [5, 5.41) is 1.21. The predicted molar refractivity (Wildman–Crippen MR) is 51.3 cm³/mol. The zero-order valence-corrected chi connectivity index (χ0v) is 7.79. The Morgan fingerprint density at radius 2 is 1.64 bits per heavy atom. The van der Waals surface area contributed by atoms with Crippen LogP contribution in [0.3, 0.4) is 0 Å². The molecule has 1 aromatic rings. The van der Waals surface area contributed by atoms with Gasteiger partial charge in [-0.05, 0) is 18.2 Å². The third-order valence-corrected chi connectivity index (χ3v) is 2.01. The van der Waals surface area contributed by atoms with Crippen molar-refractivity contribution in [3.63, 3.8) is 0 Å². The summed E-state index contributed by atoms with van der Waals surface area (Å²) in [4.78, 5) is 0. The monoisotopic (exact) mass is 206 g/mol. The van der Waals surface area contributed by atoms with Crippen molar-refractivity contribution in [2.45, 2.75) is 0 Å². The fraction of sp³-hybridized carbons (Fsp3) is 0. The van der Waals surface area contributed by atoms with Crippen molar-refractivity contribution in [2.75, 3.05) is 0 Å². The highest BCUT2D eigenvalue weighted by atomic mass is 35.5. The number of rotatable bonds is 1. The van der Waals surface area contributed by atoms with Crippen LogP contribution in [-0.2, 0) is 0 Å². The molecule has 0 aliphatic heterocycles. The first-order valence-corrected chi connectivity index (χ1v) is 4.15. The van der Waals surface area contributed by atoms with Gasteiger partial charge in [0.05, 0.1) is 0 Å². The quantitative estimate of drug-likeness (QED) is 0.647. The lowest BCUT2D eigenvalue weighted by Gasteiger charge is -1.98. The lowest BCUT2D eigenvalue weighted by atomic mass is 10.2. The van der Waals surface area contributed by atoms with Crippen LogP contribution in [0.15, 0.2) is 23.7 Å². The second-order valence-electron chi connectivity index (χ2n) is 1.93. The average Bonchev–Trinajstić information content (AvgIpc) is 1.97. The molecule has 0 saturated heterocycles. The number of benzene rings is 1. The summed E-state index contributed by atoms with van der Waals surface area (Å²) in [6.45, 7) is 0. The van der Waals surface area contributed by atoms with Crippen LogP contribution in [0.25, 0.3) is 6.08 Å². The van der Waals surface area contributed by atoms with Gasteiger partial charge in [0.25, 0.3) is 0 Å². The van der Waals surface area contributed by atoms with Gasteiger partial charge < -0.3 is 0 Å².